The number of ether oxygens (including phenoxy) is 10. The van der Waals surface area contributed by atoms with E-state index in [0.717, 1.165) is 79.8 Å². The van der Waals surface area contributed by atoms with E-state index >= 15 is 0 Å². The first-order valence-electron chi connectivity index (χ1n) is 26.2. The van der Waals surface area contributed by atoms with Gasteiger partial charge in [-0.15, -0.1) is 0 Å². The molecule has 4 aliphatic rings. The summed E-state index contributed by atoms with van der Waals surface area (Å²) in [5.74, 6) is 5.98. The largest absolute Gasteiger partial charge is 0.490 e. The third-order valence-corrected chi connectivity index (χ3v) is 18.4. The molecule has 0 aromatic heterocycles. The average Bonchev–Trinajstić information content (AvgIpc) is 3.80. The standard InChI is InChI=1S/C44H40O6P2.C20H22O4/c1-5-13-33(14-6-1)51(34-15-7-2-8-16-34)39-23-21-37-43(49-31-27-45-25-29-47-37)41(39)42-40(24-22-38-44(42)50-32-28-46-26-30-48-38)52(35-17-9-3-10-18-35)36-19-11-4-12-20-36;1-13-5-7-15-19(23-11-3-9-21-15)17(13)18-14(2)6-8-16-20(18)24-12-4-10-22-16/h1-24H,25-32H2;5-8H,3-4,9-12H2,1-2H3. The van der Waals surface area contributed by atoms with Crippen LogP contribution in [0.15, 0.2) is 170 Å². The zero-order valence-electron chi connectivity index (χ0n) is 43.0. The Kier molecular flexibility index (Phi) is 16.6. The molecule has 0 spiro atoms. The first-order chi connectivity index (χ1) is 37.6. The average molecular weight is 1050 g/mol. The molecule has 8 aromatic carbocycles. The number of hydrogen-bond acceptors (Lipinski definition) is 10. The summed E-state index contributed by atoms with van der Waals surface area (Å²) in [5.41, 5.74) is 6.29. The highest BCUT2D eigenvalue weighted by Gasteiger charge is 2.34. The summed E-state index contributed by atoms with van der Waals surface area (Å²) in [6.45, 7) is 10.3. The lowest BCUT2D eigenvalue weighted by atomic mass is 9.94. The zero-order chi connectivity index (χ0) is 51.5. The fourth-order valence-corrected chi connectivity index (χ4v) is 14.9. The van der Waals surface area contributed by atoms with Crippen molar-refractivity contribution < 1.29 is 47.4 Å². The Labute approximate surface area is 448 Å². The molecule has 0 amide bonds. The molecule has 388 valence electrons. The van der Waals surface area contributed by atoms with Crippen LogP contribution in [-0.2, 0) is 9.47 Å². The first-order valence-corrected chi connectivity index (χ1v) is 28.9. The number of fused-ring (bicyclic) bond motifs is 4. The maximum Gasteiger partial charge on any atom is 0.169 e. The molecule has 0 N–H and O–H groups in total. The molecular weight excluding hydrogens is 991 g/mol. The van der Waals surface area contributed by atoms with Crippen molar-refractivity contribution in [2.75, 3.05) is 79.3 Å². The fourth-order valence-electron chi connectivity index (χ4n) is 9.96. The van der Waals surface area contributed by atoms with E-state index in [-0.39, 0.29) is 0 Å². The van der Waals surface area contributed by atoms with Crippen LogP contribution in [0.5, 0.6) is 46.0 Å². The summed E-state index contributed by atoms with van der Waals surface area (Å²) in [6, 6.07) is 59.9. The van der Waals surface area contributed by atoms with E-state index < -0.39 is 15.8 Å². The van der Waals surface area contributed by atoms with Crippen LogP contribution >= 0.6 is 15.8 Å². The van der Waals surface area contributed by atoms with Gasteiger partial charge in [-0.25, -0.2) is 0 Å². The smallest absolute Gasteiger partial charge is 0.169 e. The van der Waals surface area contributed by atoms with Gasteiger partial charge in [0.05, 0.1) is 52.9 Å². The molecule has 0 fully saturated rings. The Hall–Kier alpha value is -7.06. The normalized spacial score (nSPS) is 15.2. The summed E-state index contributed by atoms with van der Waals surface area (Å²) >= 11 is 0. The fraction of sp³-hybridized carbons (Fsp3) is 0.250. The predicted molar refractivity (Wildman–Crippen MR) is 305 cm³/mol. The first kappa shape index (κ1) is 51.1. The SMILES string of the molecule is Cc1ccc2c(c1-c1c(C)ccc3c1OCCCO3)OCCCO2.c1ccc(P(c2ccccc2)c2ccc3c(c2-c2c(P(c4ccccc4)c4ccccc4)ccc4c2OCCOCCO4)OCCOCCO3)cc1. The maximum absolute atomic E-state index is 6.82. The molecule has 76 heavy (non-hydrogen) atoms. The highest BCUT2D eigenvalue weighted by Crippen LogP contribution is 2.53. The summed E-state index contributed by atoms with van der Waals surface area (Å²) in [6.07, 6.45) is 1.78. The van der Waals surface area contributed by atoms with E-state index in [1.54, 1.807) is 0 Å². The lowest BCUT2D eigenvalue weighted by molar-refractivity contribution is 0.0876. The second-order valence-electron chi connectivity index (χ2n) is 18.5. The van der Waals surface area contributed by atoms with Crippen molar-refractivity contribution >= 4 is 47.7 Å². The van der Waals surface area contributed by atoms with Crippen LogP contribution in [-0.4, -0.2) is 79.3 Å². The van der Waals surface area contributed by atoms with Gasteiger partial charge in [0.2, 0.25) is 0 Å². The molecule has 0 radical (unpaired) electrons. The Morgan fingerprint density at radius 2 is 0.539 bits per heavy atom. The summed E-state index contributed by atoms with van der Waals surface area (Å²) in [7, 11) is -2.16. The van der Waals surface area contributed by atoms with Gasteiger partial charge in [-0.3, -0.25) is 0 Å². The molecule has 8 aromatic rings. The van der Waals surface area contributed by atoms with Gasteiger partial charge in [0, 0.05) is 35.1 Å². The highest BCUT2D eigenvalue weighted by molar-refractivity contribution is 7.80. The van der Waals surface area contributed by atoms with Gasteiger partial charge in [-0.1, -0.05) is 133 Å². The van der Waals surface area contributed by atoms with E-state index in [4.69, 9.17) is 47.4 Å². The van der Waals surface area contributed by atoms with Crippen molar-refractivity contribution in [2.45, 2.75) is 26.7 Å². The van der Waals surface area contributed by atoms with Crippen molar-refractivity contribution in [3.63, 3.8) is 0 Å². The molecule has 10 nitrogen and oxygen atoms in total. The maximum atomic E-state index is 6.82. The third kappa shape index (κ3) is 11.2. The minimum absolute atomic E-state index is 0.378. The van der Waals surface area contributed by atoms with Gasteiger partial charge in [0.1, 0.15) is 26.4 Å². The Balaban J connectivity index is 0.000000213. The van der Waals surface area contributed by atoms with Crippen LogP contribution in [0, 0.1) is 13.8 Å². The van der Waals surface area contributed by atoms with Gasteiger partial charge in [0.25, 0.3) is 0 Å². The number of hydrogen-bond donors (Lipinski definition) is 0. The Bertz CT molecular complexity index is 2920. The molecule has 12 rings (SSSR count). The second kappa shape index (κ2) is 24.7. The summed E-state index contributed by atoms with van der Waals surface area (Å²) < 4.78 is 62.2. The van der Waals surface area contributed by atoms with Crippen LogP contribution in [0.3, 0.4) is 0 Å². The van der Waals surface area contributed by atoms with Crippen LogP contribution in [0.25, 0.3) is 22.3 Å². The zero-order valence-corrected chi connectivity index (χ0v) is 44.8. The van der Waals surface area contributed by atoms with Crippen molar-refractivity contribution in [3.8, 4) is 68.2 Å². The van der Waals surface area contributed by atoms with Gasteiger partial charge in [-0.2, -0.15) is 0 Å². The molecule has 0 atom stereocenters. The predicted octanol–water partition coefficient (Wildman–Crippen LogP) is 10.7. The molecule has 0 aliphatic carbocycles. The molecule has 4 aliphatic heterocycles. The lowest BCUT2D eigenvalue weighted by Crippen LogP contribution is -2.27. The summed E-state index contributed by atoms with van der Waals surface area (Å²) in [5, 5.41) is 7.20. The Morgan fingerprint density at radius 1 is 0.263 bits per heavy atom. The molecule has 4 heterocycles. The van der Waals surface area contributed by atoms with Crippen molar-refractivity contribution in [2.24, 2.45) is 0 Å². The molecule has 0 bridgehead atoms. The van der Waals surface area contributed by atoms with Crippen LogP contribution in [0.1, 0.15) is 24.0 Å². The van der Waals surface area contributed by atoms with Crippen molar-refractivity contribution in [1.29, 1.82) is 0 Å². The quantitative estimate of drug-likeness (QED) is 0.137. The van der Waals surface area contributed by atoms with E-state index in [1.807, 2.05) is 12.1 Å². The molecular formula is C64H62O10P2. The monoisotopic (exact) mass is 1050 g/mol. The number of aryl methyl sites for hydroxylation is 2. The van der Waals surface area contributed by atoms with E-state index in [1.165, 1.54) is 21.2 Å². The highest BCUT2D eigenvalue weighted by atomic mass is 31.1. The van der Waals surface area contributed by atoms with Crippen LogP contribution in [0.4, 0.5) is 0 Å². The third-order valence-electron chi connectivity index (χ3n) is 13.4. The lowest BCUT2D eigenvalue weighted by Gasteiger charge is -2.30. The van der Waals surface area contributed by atoms with E-state index in [0.29, 0.717) is 102 Å². The molecule has 0 saturated carbocycles. The Morgan fingerprint density at radius 3 is 0.895 bits per heavy atom. The number of rotatable bonds is 8. The minimum atomic E-state index is -1.08. The van der Waals surface area contributed by atoms with Crippen molar-refractivity contribution in [1.82, 2.24) is 0 Å². The minimum Gasteiger partial charge on any atom is -0.490 e. The second-order valence-corrected chi connectivity index (χ2v) is 22.8. The number of benzene rings is 8. The van der Waals surface area contributed by atoms with Gasteiger partial charge in [-0.05, 0) is 109 Å². The molecule has 12 heteroatoms. The van der Waals surface area contributed by atoms with Crippen LogP contribution < -0.4 is 69.7 Å². The molecule has 0 unspecified atom stereocenters. The van der Waals surface area contributed by atoms with Gasteiger partial charge in [0.15, 0.2) is 46.0 Å². The van der Waals surface area contributed by atoms with Crippen molar-refractivity contribution in [3.05, 3.63) is 181 Å². The summed E-state index contributed by atoms with van der Waals surface area (Å²) in [4.78, 5) is 0. The van der Waals surface area contributed by atoms with E-state index in [9.17, 15) is 0 Å². The topological polar surface area (TPSA) is 92.3 Å². The molecule has 0 saturated heterocycles. The van der Waals surface area contributed by atoms with Crippen LogP contribution in [0.2, 0.25) is 0 Å². The van der Waals surface area contributed by atoms with E-state index in [2.05, 4.69) is 172 Å². The van der Waals surface area contributed by atoms with Gasteiger partial charge >= 0.3 is 0 Å². The van der Waals surface area contributed by atoms with Gasteiger partial charge < -0.3 is 47.4 Å².